The van der Waals surface area contributed by atoms with Gasteiger partial charge in [-0.2, -0.15) is 0 Å². The Morgan fingerprint density at radius 1 is 1.47 bits per heavy atom. The van der Waals surface area contributed by atoms with Crippen molar-refractivity contribution < 1.29 is 4.79 Å². The molecule has 1 aromatic heterocycles. The molecule has 1 amide bonds. The van der Waals surface area contributed by atoms with Crippen LogP contribution in [-0.2, 0) is 11.3 Å². The molecule has 4 heteroatoms. The fourth-order valence-corrected chi connectivity index (χ4v) is 2.59. The molecule has 2 atom stereocenters. The van der Waals surface area contributed by atoms with E-state index >= 15 is 0 Å². The smallest absolute Gasteiger partial charge is 0.223 e. The fourth-order valence-electron chi connectivity index (χ4n) is 2.59. The third-order valence-electron chi connectivity index (χ3n) is 3.93. The number of para-hydroxylation sites is 2. The summed E-state index contributed by atoms with van der Waals surface area (Å²) < 4.78 is 2.16. The highest BCUT2D eigenvalue weighted by Gasteiger charge is 2.38. The summed E-state index contributed by atoms with van der Waals surface area (Å²) in [5.74, 6) is 2.02. The van der Waals surface area contributed by atoms with E-state index in [2.05, 4.69) is 27.9 Å². The molecule has 0 aliphatic heterocycles. The van der Waals surface area contributed by atoms with Crippen LogP contribution in [0.2, 0.25) is 0 Å². The Labute approximate surface area is 112 Å². The number of hydrogen-bond acceptors (Lipinski definition) is 2. The lowest BCUT2D eigenvalue weighted by molar-refractivity contribution is -0.122. The largest absolute Gasteiger partial charge is 0.354 e. The van der Waals surface area contributed by atoms with Crippen molar-refractivity contribution in [2.45, 2.75) is 26.8 Å². The van der Waals surface area contributed by atoms with E-state index in [0.717, 1.165) is 29.8 Å². The topological polar surface area (TPSA) is 46.9 Å². The lowest BCUT2D eigenvalue weighted by Crippen LogP contribution is -2.29. The summed E-state index contributed by atoms with van der Waals surface area (Å²) in [6, 6.07) is 8.10. The zero-order valence-corrected chi connectivity index (χ0v) is 11.4. The number of nitrogens with one attached hydrogen (secondary N) is 1. The van der Waals surface area contributed by atoms with Gasteiger partial charge in [-0.15, -0.1) is 0 Å². The van der Waals surface area contributed by atoms with Gasteiger partial charge in [0.05, 0.1) is 11.0 Å². The second-order valence-electron chi connectivity index (χ2n) is 5.41. The molecule has 1 heterocycles. The van der Waals surface area contributed by atoms with Crippen LogP contribution in [-0.4, -0.2) is 22.0 Å². The number of benzene rings is 1. The number of hydrogen-bond donors (Lipinski definition) is 1. The summed E-state index contributed by atoms with van der Waals surface area (Å²) in [7, 11) is 0. The number of aryl methyl sites for hydroxylation is 1. The highest BCUT2D eigenvalue weighted by atomic mass is 16.2. The van der Waals surface area contributed by atoms with E-state index in [-0.39, 0.29) is 11.8 Å². The predicted octanol–water partition coefficient (Wildman–Crippen LogP) is 2.12. The minimum absolute atomic E-state index is 0.203. The zero-order valence-electron chi connectivity index (χ0n) is 11.4. The molecule has 1 saturated carbocycles. The van der Waals surface area contributed by atoms with E-state index in [1.165, 1.54) is 0 Å². The third-order valence-corrected chi connectivity index (χ3v) is 3.93. The first-order chi connectivity index (χ1) is 9.16. The number of rotatable bonds is 4. The molecule has 4 nitrogen and oxygen atoms in total. The third kappa shape index (κ3) is 2.35. The van der Waals surface area contributed by atoms with Gasteiger partial charge >= 0.3 is 0 Å². The maximum atomic E-state index is 11.8. The molecule has 0 radical (unpaired) electrons. The van der Waals surface area contributed by atoms with Crippen LogP contribution in [0.5, 0.6) is 0 Å². The summed E-state index contributed by atoms with van der Waals surface area (Å²) >= 11 is 0. The van der Waals surface area contributed by atoms with Crippen molar-refractivity contribution in [1.82, 2.24) is 14.9 Å². The minimum atomic E-state index is 0.203. The van der Waals surface area contributed by atoms with E-state index < -0.39 is 0 Å². The first-order valence-electron chi connectivity index (χ1n) is 6.86. The van der Waals surface area contributed by atoms with Crippen molar-refractivity contribution in [3.8, 4) is 0 Å². The fraction of sp³-hybridized carbons (Fsp3) is 0.467. The summed E-state index contributed by atoms with van der Waals surface area (Å²) in [4.78, 5) is 16.3. The van der Waals surface area contributed by atoms with E-state index in [1.54, 1.807) is 0 Å². The van der Waals surface area contributed by atoms with Crippen LogP contribution in [0.4, 0.5) is 0 Å². The number of carbonyl (C=O) groups is 1. The van der Waals surface area contributed by atoms with Crippen LogP contribution < -0.4 is 5.32 Å². The van der Waals surface area contributed by atoms with Gasteiger partial charge in [0, 0.05) is 19.0 Å². The number of amides is 1. The molecular formula is C15H19N3O. The molecule has 1 fully saturated rings. The Morgan fingerprint density at radius 2 is 2.21 bits per heavy atom. The molecule has 2 aromatic rings. The van der Waals surface area contributed by atoms with Crippen LogP contribution in [0.15, 0.2) is 24.3 Å². The van der Waals surface area contributed by atoms with Crippen LogP contribution in [0.1, 0.15) is 19.2 Å². The Hall–Kier alpha value is -1.84. The minimum Gasteiger partial charge on any atom is -0.354 e. The Balaban J connectivity index is 1.65. The van der Waals surface area contributed by atoms with Gasteiger partial charge in [-0.1, -0.05) is 19.1 Å². The van der Waals surface area contributed by atoms with E-state index in [4.69, 9.17) is 0 Å². The Kier molecular flexibility index (Phi) is 3.01. The molecule has 0 saturated heterocycles. The van der Waals surface area contributed by atoms with Gasteiger partial charge in [0.2, 0.25) is 5.91 Å². The number of aromatic nitrogens is 2. The monoisotopic (exact) mass is 257 g/mol. The number of nitrogens with zero attached hydrogens (tertiary/aromatic N) is 2. The highest BCUT2D eigenvalue weighted by molar-refractivity contribution is 5.81. The average Bonchev–Trinajstić information content (AvgIpc) is 3.04. The van der Waals surface area contributed by atoms with E-state index in [1.807, 2.05) is 25.1 Å². The molecule has 3 rings (SSSR count). The van der Waals surface area contributed by atoms with Gasteiger partial charge in [0.25, 0.3) is 0 Å². The van der Waals surface area contributed by atoms with Gasteiger partial charge < -0.3 is 9.88 Å². The van der Waals surface area contributed by atoms with Crippen LogP contribution >= 0.6 is 0 Å². The van der Waals surface area contributed by atoms with Gasteiger partial charge in [-0.3, -0.25) is 4.79 Å². The lowest BCUT2D eigenvalue weighted by Gasteiger charge is -2.08. The molecule has 19 heavy (non-hydrogen) atoms. The normalized spacial score (nSPS) is 21.6. The van der Waals surface area contributed by atoms with Crippen LogP contribution in [0.25, 0.3) is 11.0 Å². The quantitative estimate of drug-likeness (QED) is 0.912. The maximum absolute atomic E-state index is 11.8. The molecule has 1 N–H and O–H groups in total. The van der Waals surface area contributed by atoms with Crippen molar-refractivity contribution in [3.63, 3.8) is 0 Å². The molecular weight excluding hydrogens is 238 g/mol. The van der Waals surface area contributed by atoms with Gasteiger partial charge in [-0.05, 0) is 31.4 Å². The zero-order chi connectivity index (χ0) is 13.4. The van der Waals surface area contributed by atoms with Crippen molar-refractivity contribution in [3.05, 3.63) is 30.1 Å². The van der Waals surface area contributed by atoms with Gasteiger partial charge in [0.1, 0.15) is 5.82 Å². The lowest BCUT2D eigenvalue weighted by atomic mass is 10.3. The average molecular weight is 257 g/mol. The Bertz CT molecular complexity index is 617. The van der Waals surface area contributed by atoms with Crippen molar-refractivity contribution in [2.24, 2.45) is 11.8 Å². The molecule has 0 spiro atoms. The summed E-state index contributed by atoms with van der Waals surface area (Å²) in [6.07, 6.45) is 1.04. The number of imidazole rings is 1. The highest BCUT2D eigenvalue weighted by Crippen LogP contribution is 2.37. The first-order valence-corrected chi connectivity index (χ1v) is 6.86. The maximum Gasteiger partial charge on any atom is 0.223 e. The molecule has 1 aliphatic rings. The summed E-state index contributed by atoms with van der Waals surface area (Å²) in [5, 5.41) is 3.02. The second-order valence-corrected chi connectivity index (χ2v) is 5.41. The van der Waals surface area contributed by atoms with Crippen molar-refractivity contribution in [2.75, 3.05) is 6.54 Å². The SMILES string of the molecule is Cc1nc2ccccc2n1CCNC(=O)[C@@H]1C[C@H]1C. The first kappa shape index (κ1) is 12.2. The van der Waals surface area contributed by atoms with E-state index in [9.17, 15) is 4.79 Å². The van der Waals surface area contributed by atoms with Crippen LogP contribution in [0, 0.1) is 18.8 Å². The predicted molar refractivity (Wildman–Crippen MR) is 74.8 cm³/mol. The molecule has 0 bridgehead atoms. The van der Waals surface area contributed by atoms with Gasteiger partial charge in [-0.25, -0.2) is 4.98 Å². The number of carbonyl (C=O) groups excluding carboxylic acids is 1. The summed E-state index contributed by atoms with van der Waals surface area (Å²) in [5.41, 5.74) is 2.15. The molecule has 100 valence electrons. The Morgan fingerprint density at radius 3 is 2.95 bits per heavy atom. The standard InChI is InChI=1S/C15H19N3O/c1-10-9-12(10)15(19)16-7-8-18-11(2)17-13-5-3-4-6-14(13)18/h3-6,10,12H,7-9H2,1-2H3,(H,16,19)/t10-,12-/m1/s1. The molecule has 1 aromatic carbocycles. The van der Waals surface area contributed by atoms with E-state index in [0.29, 0.717) is 12.5 Å². The summed E-state index contributed by atoms with van der Waals surface area (Å²) in [6.45, 7) is 5.57. The van der Waals surface area contributed by atoms with Gasteiger partial charge in [0.15, 0.2) is 0 Å². The second kappa shape index (κ2) is 4.68. The number of fused-ring (bicyclic) bond motifs is 1. The molecule has 1 aliphatic carbocycles. The van der Waals surface area contributed by atoms with Crippen molar-refractivity contribution in [1.29, 1.82) is 0 Å². The van der Waals surface area contributed by atoms with Crippen LogP contribution in [0.3, 0.4) is 0 Å². The molecule has 0 unspecified atom stereocenters. The van der Waals surface area contributed by atoms with Crippen molar-refractivity contribution >= 4 is 16.9 Å².